The smallest absolute Gasteiger partial charge is 0.262 e. The normalized spacial score (nSPS) is 25.0. The molecule has 3 heterocycles. The Morgan fingerprint density at radius 2 is 2.06 bits per heavy atom. The summed E-state index contributed by atoms with van der Waals surface area (Å²) in [6.45, 7) is 5.23. The van der Waals surface area contributed by atoms with Crippen molar-refractivity contribution in [3.63, 3.8) is 0 Å². The Balaban J connectivity index is 1.17. The van der Waals surface area contributed by atoms with Crippen LogP contribution in [0.2, 0.25) is 5.54 Å². The van der Waals surface area contributed by atoms with Crippen LogP contribution in [0, 0.1) is 28.6 Å². The largest absolute Gasteiger partial charge is 0.364 e. The first-order valence-corrected chi connectivity index (χ1v) is 13.7. The first kappa shape index (κ1) is 23.0. The van der Waals surface area contributed by atoms with Gasteiger partial charge in [-0.05, 0) is 59.1 Å². The molecule has 4 atom stereocenters. The van der Waals surface area contributed by atoms with Crippen molar-refractivity contribution in [1.29, 1.82) is 5.26 Å². The summed E-state index contributed by atoms with van der Waals surface area (Å²) in [6, 6.07) is 13.2. The zero-order chi connectivity index (χ0) is 25.0. The van der Waals surface area contributed by atoms with Crippen molar-refractivity contribution in [3.8, 4) is 6.07 Å². The number of hydrogen-bond acceptors (Lipinski definition) is 4. The number of H-pyrrole nitrogens is 1. The number of amides is 2. The molecule has 2 aliphatic carbocycles. The van der Waals surface area contributed by atoms with Gasteiger partial charge < -0.3 is 14.9 Å². The molecule has 0 bridgehead atoms. The molecule has 1 aliphatic heterocycles. The average molecular weight is 496 g/mol. The van der Waals surface area contributed by atoms with Gasteiger partial charge in [0.25, 0.3) is 5.91 Å². The minimum atomic E-state index is -0.775. The summed E-state index contributed by atoms with van der Waals surface area (Å²) in [5.41, 5.74) is 2.71. The number of carbonyl (C=O) groups excluding carboxylic acids is 2. The zero-order valence-electron chi connectivity index (χ0n) is 20.5. The third-order valence-electron chi connectivity index (χ3n) is 8.32. The monoisotopic (exact) mass is 495 g/mol. The van der Waals surface area contributed by atoms with E-state index in [1.165, 1.54) is 12.8 Å². The SMILES string of the molecule is CC1(C)[C@@H]2C(CC(=O)NC(C#N)c3cncc4ccccc34)[Si]N(C(=O)c3ccc(C4CC4)[nH]3)C[C@@H]21. The quantitative estimate of drug-likeness (QED) is 0.497. The number of pyridine rings is 1. The molecular weight excluding hydrogens is 466 g/mol. The van der Waals surface area contributed by atoms with Crippen LogP contribution in [-0.2, 0) is 4.79 Å². The molecule has 8 heteroatoms. The number of nitrogens with zero attached hydrogens (tertiary/aromatic N) is 3. The molecule has 3 aliphatic rings. The van der Waals surface area contributed by atoms with E-state index in [0.29, 0.717) is 35.4 Å². The van der Waals surface area contributed by atoms with Crippen LogP contribution in [0.1, 0.15) is 66.8 Å². The van der Waals surface area contributed by atoms with Crippen molar-refractivity contribution >= 4 is 32.3 Å². The lowest BCUT2D eigenvalue weighted by molar-refractivity contribution is -0.121. The van der Waals surface area contributed by atoms with Crippen LogP contribution in [0.15, 0.2) is 48.8 Å². The summed E-state index contributed by atoms with van der Waals surface area (Å²) in [6.07, 6.45) is 6.10. The van der Waals surface area contributed by atoms with Crippen molar-refractivity contribution in [2.75, 3.05) is 6.54 Å². The highest BCUT2D eigenvalue weighted by molar-refractivity contribution is 6.41. The Kier molecular flexibility index (Phi) is 5.49. The van der Waals surface area contributed by atoms with E-state index >= 15 is 0 Å². The van der Waals surface area contributed by atoms with E-state index in [-0.39, 0.29) is 32.5 Å². The maximum Gasteiger partial charge on any atom is 0.262 e. The van der Waals surface area contributed by atoms with Gasteiger partial charge in [0, 0.05) is 42.0 Å². The first-order chi connectivity index (χ1) is 17.4. The van der Waals surface area contributed by atoms with Gasteiger partial charge in [-0.1, -0.05) is 38.1 Å². The molecule has 2 saturated carbocycles. The number of rotatable bonds is 6. The third-order valence-corrected chi connectivity index (χ3v) is 9.92. The molecule has 6 rings (SSSR count). The Bertz CT molecular complexity index is 1380. The summed E-state index contributed by atoms with van der Waals surface area (Å²) in [4.78, 5) is 34.2. The summed E-state index contributed by atoms with van der Waals surface area (Å²) < 4.78 is 1.95. The first-order valence-electron chi connectivity index (χ1n) is 12.7. The lowest BCUT2D eigenvalue weighted by Gasteiger charge is -2.31. The van der Waals surface area contributed by atoms with E-state index in [1.807, 2.05) is 41.0 Å². The number of aromatic amines is 1. The molecule has 2 N–H and O–H groups in total. The minimum Gasteiger partial charge on any atom is -0.364 e. The molecule has 2 amide bonds. The number of hydrogen-bond donors (Lipinski definition) is 2. The van der Waals surface area contributed by atoms with Gasteiger partial charge in [0.05, 0.1) is 6.07 Å². The van der Waals surface area contributed by atoms with Crippen molar-refractivity contribution in [3.05, 3.63) is 65.7 Å². The van der Waals surface area contributed by atoms with Crippen molar-refractivity contribution in [2.24, 2.45) is 17.3 Å². The number of benzene rings is 1. The van der Waals surface area contributed by atoms with Crippen molar-refractivity contribution < 1.29 is 9.59 Å². The van der Waals surface area contributed by atoms with E-state index in [0.717, 1.165) is 23.0 Å². The van der Waals surface area contributed by atoms with Crippen molar-refractivity contribution in [1.82, 2.24) is 19.9 Å². The number of nitriles is 1. The molecule has 7 nitrogen and oxygen atoms in total. The highest BCUT2D eigenvalue weighted by atomic mass is 28.2. The zero-order valence-corrected chi connectivity index (χ0v) is 21.5. The average Bonchev–Trinajstić information content (AvgIpc) is 3.76. The minimum absolute atomic E-state index is 0.0310. The van der Waals surface area contributed by atoms with Gasteiger partial charge in [0.1, 0.15) is 11.7 Å². The predicted molar refractivity (Wildman–Crippen MR) is 137 cm³/mol. The Morgan fingerprint density at radius 1 is 1.25 bits per heavy atom. The van der Waals surface area contributed by atoms with E-state index in [9.17, 15) is 14.9 Å². The van der Waals surface area contributed by atoms with Crippen LogP contribution in [0.4, 0.5) is 0 Å². The highest BCUT2D eigenvalue weighted by Crippen LogP contribution is 2.66. The van der Waals surface area contributed by atoms with Gasteiger partial charge >= 0.3 is 0 Å². The van der Waals surface area contributed by atoms with E-state index in [4.69, 9.17) is 0 Å². The van der Waals surface area contributed by atoms with Gasteiger partial charge in [-0.25, -0.2) is 0 Å². The molecular formula is C28H29N5O2Si. The van der Waals surface area contributed by atoms with Crippen LogP contribution >= 0.6 is 0 Å². The number of carbonyl (C=O) groups is 2. The fraction of sp³-hybridized carbons (Fsp3) is 0.429. The Labute approximate surface area is 213 Å². The van der Waals surface area contributed by atoms with Gasteiger partial charge in [-0.2, -0.15) is 5.26 Å². The molecule has 2 unspecified atom stereocenters. The molecule has 2 radical (unpaired) electrons. The predicted octanol–water partition coefficient (Wildman–Crippen LogP) is 4.35. The fourth-order valence-electron chi connectivity index (χ4n) is 6.06. The second kappa shape index (κ2) is 8.59. The molecule has 2 aromatic heterocycles. The van der Waals surface area contributed by atoms with Gasteiger partial charge in [-0.15, -0.1) is 0 Å². The van der Waals surface area contributed by atoms with Crippen LogP contribution in [-0.4, -0.2) is 42.6 Å². The molecule has 3 fully saturated rings. The Hall–Kier alpha value is -3.44. The number of aromatic nitrogens is 2. The summed E-state index contributed by atoms with van der Waals surface area (Å²) in [5.74, 6) is 1.26. The summed E-state index contributed by atoms with van der Waals surface area (Å²) in [7, 11) is 0.247. The van der Waals surface area contributed by atoms with E-state index < -0.39 is 6.04 Å². The molecule has 3 aromatic rings. The van der Waals surface area contributed by atoms with Crippen molar-refractivity contribution in [2.45, 2.75) is 50.6 Å². The second-order valence-electron chi connectivity index (χ2n) is 11.0. The maximum absolute atomic E-state index is 13.3. The molecule has 36 heavy (non-hydrogen) atoms. The maximum atomic E-state index is 13.3. The lowest BCUT2D eigenvalue weighted by atomic mass is 10.0. The molecule has 182 valence electrons. The molecule has 0 spiro atoms. The van der Waals surface area contributed by atoms with Crippen LogP contribution < -0.4 is 5.32 Å². The topological polar surface area (TPSA) is 102 Å². The van der Waals surface area contributed by atoms with E-state index in [2.05, 4.69) is 35.2 Å². The molecule has 1 aromatic carbocycles. The lowest BCUT2D eigenvalue weighted by Crippen LogP contribution is -2.43. The van der Waals surface area contributed by atoms with Gasteiger partial charge in [-0.3, -0.25) is 14.6 Å². The highest BCUT2D eigenvalue weighted by Gasteiger charge is 2.64. The third kappa shape index (κ3) is 4.01. The van der Waals surface area contributed by atoms with Crippen LogP contribution in [0.3, 0.4) is 0 Å². The van der Waals surface area contributed by atoms with Gasteiger partial charge in [0.2, 0.25) is 5.91 Å². The number of fused-ring (bicyclic) bond motifs is 2. The fourth-order valence-corrected chi connectivity index (χ4v) is 8.10. The summed E-state index contributed by atoms with van der Waals surface area (Å²) in [5, 5.41) is 14.7. The van der Waals surface area contributed by atoms with Crippen LogP contribution in [0.25, 0.3) is 10.8 Å². The Morgan fingerprint density at radius 3 is 2.83 bits per heavy atom. The second-order valence-corrected chi connectivity index (χ2v) is 12.5. The van der Waals surface area contributed by atoms with Crippen LogP contribution in [0.5, 0.6) is 0 Å². The van der Waals surface area contributed by atoms with Gasteiger partial charge in [0.15, 0.2) is 9.68 Å². The summed E-state index contributed by atoms with van der Waals surface area (Å²) >= 11 is 0. The van der Waals surface area contributed by atoms with E-state index in [1.54, 1.807) is 12.4 Å². The number of nitrogens with one attached hydrogen (secondary N) is 2. The molecule has 1 saturated heterocycles. The standard InChI is InChI=1S/C28H29N5O2Si/c1-28(2)20-15-33(27(35)22-10-9-21(31-22)16-7-8-16)36-24(26(20)28)11-25(34)32-23(12-29)19-14-30-13-17-5-3-4-6-18(17)19/h3-6,9-10,13-14,16,20,23-24,26,31H,7-8,11,15H2,1-2H3,(H,32,34)/t20-,23?,24?,26-/m0/s1.